The van der Waals surface area contributed by atoms with Crippen molar-refractivity contribution in [3.05, 3.63) is 69.7 Å². The van der Waals surface area contributed by atoms with Crippen molar-refractivity contribution in [3.63, 3.8) is 0 Å². The van der Waals surface area contributed by atoms with Gasteiger partial charge < -0.3 is 5.32 Å². The number of carbonyl (C=O) groups is 2. The molecule has 0 radical (unpaired) electrons. The van der Waals surface area contributed by atoms with Crippen molar-refractivity contribution in [3.8, 4) is 6.07 Å². The summed E-state index contributed by atoms with van der Waals surface area (Å²) in [5.41, 5.74) is 0.644. The van der Waals surface area contributed by atoms with Gasteiger partial charge in [0.15, 0.2) is 0 Å². The zero-order valence-corrected chi connectivity index (χ0v) is 14.5. The second-order valence-electron chi connectivity index (χ2n) is 5.70. The Balaban J connectivity index is 1.96. The number of carbonyl (C=O) groups excluding carboxylic acids is 2. The fraction of sp³-hybridized carbons (Fsp3) is 0.167. The lowest BCUT2D eigenvalue weighted by Gasteiger charge is -2.23. The van der Waals surface area contributed by atoms with Crippen LogP contribution in [0.25, 0.3) is 0 Å². The molecule has 120 valence electrons. The first-order valence-corrected chi connectivity index (χ1v) is 8.14. The summed E-state index contributed by atoms with van der Waals surface area (Å²) in [6.45, 7) is 1.75. The summed E-state index contributed by atoms with van der Waals surface area (Å²) < 4.78 is 0.750. The summed E-state index contributed by atoms with van der Waals surface area (Å²) in [7, 11) is 0. The molecule has 3 amide bonds. The van der Waals surface area contributed by atoms with E-state index in [-0.39, 0.29) is 12.5 Å². The number of nitrogens with one attached hydrogen (secondary N) is 1. The molecule has 24 heavy (non-hydrogen) atoms. The first kappa shape index (κ1) is 16.2. The van der Waals surface area contributed by atoms with E-state index in [0.717, 1.165) is 9.37 Å². The molecular formula is C18H14BrN3O2. The highest BCUT2D eigenvalue weighted by molar-refractivity contribution is 9.10. The minimum atomic E-state index is -1.14. The van der Waals surface area contributed by atoms with Crippen LogP contribution in [0, 0.1) is 11.3 Å². The number of rotatable bonds is 3. The van der Waals surface area contributed by atoms with Gasteiger partial charge in [-0.3, -0.25) is 9.69 Å². The first-order chi connectivity index (χ1) is 11.5. The van der Waals surface area contributed by atoms with Crippen LogP contribution in [0.2, 0.25) is 0 Å². The minimum Gasteiger partial charge on any atom is -0.319 e. The molecule has 2 aromatic rings. The van der Waals surface area contributed by atoms with Crippen molar-refractivity contribution < 1.29 is 9.59 Å². The topological polar surface area (TPSA) is 73.2 Å². The number of amides is 3. The van der Waals surface area contributed by atoms with Gasteiger partial charge in [0.05, 0.1) is 18.2 Å². The van der Waals surface area contributed by atoms with Gasteiger partial charge in [-0.05, 0) is 24.6 Å². The molecular weight excluding hydrogens is 370 g/mol. The van der Waals surface area contributed by atoms with Gasteiger partial charge >= 0.3 is 6.03 Å². The van der Waals surface area contributed by atoms with Crippen LogP contribution >= 0.6 is 15.9 Å². The van der Waals surface area contributed by atoms with E-state index in [4.69, 9.17) is 0 Å². The summed E-state index contributed by atoms with van der Waals surface area (Å²) in [4.78, 5) is 26.5. The van der Waals surface area contributed by atoms with Gasteiger partial charge in [0, 0.05) is 10.0 Å². The van der Waals surface area contributed by atoms with Gasteiger partial charge in [-0.25, -0.2) is 4.79 Å². The minimum absolute atomic E-state index is 0.0639. The Hall–Kier alpha value is -2.65. The second kappa shape index (κ2) is 6.10. The van der Waals surface area contributed by atoms with Gasteiger partial charge in [0.2, 0.25) is 0 Å². The van der Waals surface area contributed by atoms with Gasteiger partial charge in [-0.15, -0.1) is 0 Å². The number of halogens is 1. The van der Waals surface area contributed by atoms with Crippen LogP contribution in [-0.4, -0.2) is 16.8 Å². The average Bonchev–Trinajstić information content (AvgIpc) is 2.80. The van der Waals surface area contributed by atoms with Gasteiger partial charge in [-0.1, -0.05) is 52.3 Å². The molecule has 0 unspecified atom stereocenters. The van der Waals surface area contributed by atoms with Crippen molar-refractivity contribution >= 4 is 27.9 Å². The van der Waals surface area contributed by atoms with E-state index in [1.807, 2.05) is 18.2 Å². The Bertz CT molecular complexity index is 875. The summed E-state index contributed by atoms with van der Waals surface area (Å²) in [6.07, 6.45) is 0. The molecule has 0 aromatic heterocycles. The third-order valence-corrected chi connectivity index (χ3v) is 4.85. The van der Waals surface area contributed by atoms with Crippen LogP contribution in [-0.2, 0) is 16.9 Å². The molecule has 1 atom stereocenters. The van der Waals surface area contributed by atoms with Crippen LogP contribution in [0.15, 0.2) is 53.0 Å². The predicted molar refractivity (Wildman–Crippen MR) is 91.7 cm³/mol. The monoisotopic (exact) mass is 383 g/mol. The number of hydrogen-bond acceptors (Lipinski definition) is 3. The van der Waals surface area contributed by atoms with Gasteiger partial charge in [0.1, 0.15) is 5.54 Å². The standard InChI is InChI=1S/C18H14BrN3O2/c1-18(14-8-4-5-9-15(14)19)16(23)22(17(24)21-18)11-13-7-3-2-6-12(13)10-20/h2-9H,11H2,1H3,(H,21,24)/t18-/m0/s1. The maximum Gasteiger partial charge on any atom is 0.325 e. The zero-order chi connectivity index (χ0) is 17.3. The van der Waals surface area contributed by atoms with Crippen LogP contribution < -0.4 is 5.32 Å². The summed E-state index contributed by atoms with van der Waals surface area (Å²) in [5, 5.41) is 12.0. The van der Waals surface area contributed by atoms with Crippen LogP contribution in [0.5, 0.6) is 0 Å². The Labute approximate surface area is 148 Å². The number of nitriles is 1. The number of benzene rings is 2. The third-order valence-electron chi connectivity index (χ3n) is 4.15. The Morgan fingerprint density at radius 1 is 1.17 bits per heavy atom. The molecule has 0 aliphatic carbocycles. The van der Waals surface area contributed by atoms with Crippen LogP contribution in [0.3, 0.4) is 0 Å². The lowest BCUT2D eigenvalue weighted by atomic mass is 9.92. The smallest absolute Gasteiger partial charge is 0.319 e. The molecule has 1 fully saturated rings. The van der Waals surface area contributed by atoms with Crippen molar-refractivity contribution in [2.24, 2.45) is 0 Å². The van der Waals surface area contributed by atoms with E-state index < -0.39 is 11.6 Å². The van der Waals surface area contributed by atoms with Crippen molar-refractivity contribution in [1.29, 1.82) is 5.26 Å². The maximum atomic E-state index is 12.9. The van der Waals surface area contributed by atoms with Crippen molar-refractivity contribution in [2.75, 3.05) is 0 Å². The second-order valence-corrected chi connectivity index (χ2v) is 6.55. The van der Waals surface area contributed by atoms with Gasteiger partial charge in [0.25, 0.3) is 5.91 Å². The van der Waals surface area contributed by atoms with E-state index in [1.54, 1.807) is 37.3 Å². The van der Waals surface area contributed by atoms with E-state index in [0.29, 0.717) is 16.7 Å². The van der Waals surface area contributed by atoms with E-state index >= 15 is 0 Å². The van der Waals surface area contributed by atoms with E-state index in [2.05, 4.69) is 27.3 Å². The van der Waals surface area contributed by atoms with Crippen molar-refractivity contribution in [1.82, 2.24) is 10.2 Å². The summed E-state index contributed by atoms with van der Waals surface area (Å²) >= 11 is 3.43. The average molecular weight is 384 g/mol. The fourth-order valence-electron chi connectivity index (χ4n) is 2.83. The highest BCUT2D eigenvalue weighted by Crippen LogP contribution is 2.34. The molecule has 0 spiro atoms. The highest BCUT2D eigenvalue weighted by atomic mass is 79.9. The quantitative estimate of drug-likeness (QED) is 0.826. The maximum absolute atomic E-state index is 12.9. The summed E-state index contributed by atoms with van der Waals surface area (Å²) in [5.74, 6) is -0.341. The largest absolute Gasteiger partial charge is 0.325 e. The zero-order valence-electron chi connectivity index (χ0n) is 12.9. The number of urea groups is 1. The molecule has 3 rings (SSSR count). The Kier molecular flexibility index (Phi) is 4.12. The highest BCUT2D eigenvalue weighted by Gasteiger charge is 2.49. The number of hydrogen-bond donors (Lipinski definition) is 1. The Morgan fingerprint density at radius 2 is 1.83 bits per heavy atom. The third kappa shape index (κ3) is 2.57. The summed E-state index contributed by atoms with van der Waals surface area (Å²) in [6, 6.07) is 15.8. The number of imide groups is 1. The Morgan fingerprint density at radius 3 is 2.54 bits per heavy atom. The molecule has 1 heterocycles. The molecule has 2 aromatic carbocycles. The van der Waals surface area contributed by atoms with Crippen LogP contribution in [0.1, 0.15) is 23.6 Å². The molecule has 0 saturated carbocycles. The lowest BCUT2D eigenvalue weighted by Crippen LogP contribution is -2.41. The van der Waals surface area contributed by atoms with Crippen LogP contribution in [0.4, 0.5) is 4.79 Å². The molecule has 1 aliphatic rings. The fourth-order valence-corrected chi connectivity index (χ4v) is 3.51. The predicted octanol–water partition coefficient (Wildman–Crippen LogP) is 3.29. The molecule has 6 heteroatoms. The molecule has 1 saturated heterocycles. The van der Waals surface area contributed by atoms with Crippen molar-refractivity contribution in [2.45, 2.75) is 19.0 Å². The van der Waals surface area contributed by atoms with E-state index in [1.165, 1.54) is 0 Å². The lowest BCUT2D eigenvalue weighted by molar-refractivity contribution is -0.131. The van der Waals surface area contributed by atoms with E-state index in [9.17, 15) is 14.9 Å². The van der Waals surface area contributed by atoms with Gasteiger partial charge in [-0.2, -0.15) is 5.26 Å². The SMILES string of the molecule is C[C@@]1(c2ccccc2Br)NC(=O)N(Cc2ccccc2C#N)C1=O. The first-order valence-electron chi connectivity index (χ1n) is 7.34. The molecule has 5 nitrogen and oxygen atoms in total. The normalized spacial score (nSPS) is 20.0. The molecule has 1 N–H and O–H groups in total. The number of nitrogens with zero attached hydrogens (tertiary/aromatic N) is 2. The molecule has 1 aliphatic heterocycles. The molecule has 0 bridgehead atoms.